The van der Waals surface area contributed by atoms with Crippen LogP contribution < -0.4 is 4.72 Å². The van der Waals surface area contributed by atoms with E-state index in [1.54, 1.807) is 6.07 Å². The van der Waals surface area contributed by atoms with Crippen LogP contribution in [0.15, 0.2) is 48.5 Å². The highest BCUT2D eigenvalue weighted by Crippen LogP contribution is 2.65. The van der Waals surface area contributed by atoms with Gasteiger partial charge in [0.1, 0.15) is 5.60 Å². The fraction of sp³-hybridized carbons (Fsp3) is 0.520. The van der Waals surface area contributed by atoms with Crippen LogP contribution in [0.1, 0.15) is 30.0 Å². The van der Waals surface area contributed by atoms with Crippen molar-refractivity contribution in [3.05, 3.63) is 65.2 Å². The van der Waals surface area contributed by atoms with Gasteiger partial charge in [0.2, 0.25) is 10.0 Å². The summed E-state index contributed by atoms with van der Waals surface area (Å²) < 4.78 is 56.1. The molecule has 3 aliphatic rings. The average Bonchev–Trinajstić information content (AvgIpc) is 2.98. The molecular formula is C25H32N2O5S2. The van der Waals surface area contributed by atoms with E-state index in [-0.39, 0.29) is 5.41 Å². The van der Waals surface area contributed by atoms with Crippen molar-refractivity contribution in [2.45, 2.75) is 37.2 Å². The lowest BCUT2D eigenvalue weighted by molar-refractivity contribution is 0.0446. The summed E-state index contributed by atoms with van der Waals surface area (Å²) >= 11 is 0. The summed E-state index contributed by atoms with van der Waals surface area (Å²) in [7, 11) is -6.93. The molecule has 1 aliphatic heterocycles. The zero-order valence-corrected chi connectivity index (χ0v) is 21.5. The van der Waals surface area contributed by atoms with E-state index in [0.717, 1.165) is 43.1 Å². The predicted octanol–water partition coefficient (Wildman–Crippen LogP) is 2.78. The molecule has 184 valence electrons. The lowest BCUT2D eigenvalue weighted by atomic mass is 9.87. The summed E-state index contributed by atoms with van der Waals surface area (Å²) in [6.45, 7) is 4.54. The van der Waals surface area contributed by atoms with E-state index >= 15 is 0 Å². The van der Waals surface area contributed by atoms with Crippen LogP contribution in [0.2, 0.25) is 0 Å². The van der Waals surface area contributed by atoms with Gasteiger partial charge in [0.15, 0.2) is 0 Å². The standard InChI is InChI=1S/C25H32N2O5S2/c1-4-25(20-10-7-11-21(12-20)26-33(2,28)29)22-15-27(16-23(22)25)17-24(32-34(3,30)31)13-18-8-5-6-9-19(18)14-24/h5-12,22-23,26H,4,13-17H2,1-3H3. The second-order valence-electron chi connectivity index (χ2n) is 10.3. The topological polar surface area (TPSA) is 92.8 Å². The largest absolute Gasteiger partial charge is 0.300 e. The smallest absolute Gasteiger partial charge is 0.264 e. The Hall–Kier alpha value is -1.94. The number of piperidine rings is 1. The van der Waals surface area contributed by atoms with E-state index in [0.29, 0.717) is 36.9 Å². The van der Waals surface area contributed by atoms with Crippen LogP contribution in [-0.4, -0.2) is 59.5 Å². The van der Waals surface area contributed by atoms with Crippen LogP contribution in [0, 0.1) is 11.8 Å². The number of nitrogens with one attached hydrogen (secondary N) is 1. The number of nitrogens with zero attached hydrogens (tertiary/aromatic N) is 1. The van der Waals surface area contributed by atoms with Gasteiger partial charge in [-0.1, -0.05) is 43.3 Å². The molecule has 2 aromatic rings. The summed E-state index contributed by atoms with van der Waals surface area (Å²) in [5, 5.41) is 0. The minimum Gasteiger partial charge on any atom is -0.300 e. The van der Waals surface area contributed by atoms with Gasteiger partial charge in [-0.2, -0.15) is 8.42 Å². The van der Waals surface area contributed by atoms with Crippen molar-refractivity contribution in [1.82, 2.24) is 4.90 Å². The Morgan fingerprint density at radius 2 is 1.59 bits per heavy atom. The van der Waals surface area contributed by atoms with Gasteiger partial charge in [-0.25, -0.2) is 8.42 Å². The Labute approximate surface area is 202 Å². The van der Waals surface area contributed by atoms with E-state index in [2.05, 4.69) is 34.7 Å². The Morgan fingerprint density at radius 1 is 0.971 bits per heavy atom. The third-order valence-electron chi connectivity index (χ3n) is 7.88. The number of benzene rings is 2. The Kier molecular flexibility index (Phi) is 5.63. The average molecular weight is 505 g/mol. The van der Waals surface area contributed by atoms with Crippen LogP contribution in [0.3, 0.4) is 0 Å². The molecule has 0 spiro atoms. The summed E-state index contributed by atoms with van der Waals surface area (Å²) in [5.41, 5.74) is 3.37. The highest BCUT2D eigenvalue weighted by molar-refractivity contribution is 7.92. The van der Waals surface area contributed by atoms with Crippen molar-refractivity contribution in [3.63, 3.8) is 0 Å². The molecule has 5 rings (SSSR count). The second-order valence-corrected chi connectivity index (χ2v) is 13.7. The summed E-state index contributed by atoms with van der Waals surface area (Å²) in [5.74, 6) is 0.926. The number of rotatable bonds is 8. The fourth-order valence-electron chi connectivity index (χ4n) is 6.77. The molecule has 2 aromatic carbocycles. The van der Waals surface area contributed by atoms with E-state index in [1.165, 1.54) is 5.56 Å². The lowest BCUT2D eigenvalue weighted by Gasteiger charge is -2.35. The Balaban J connectivity index is 1.33. The van der Waals surface area contributed by atoms with Gasteiger partial charge in [-0.3, -0.25) is 13.8 Å². The molecule has 2 unspecified atom stereocenters. The van der Waals surface area contributed by atoms with Gasteiger partial charge in [0.05, 0.1) is 12.5 Å². The van der Waals surface area contributed by atoms with E-state index in [4.69, 9.17) is 4.18 Å². The first-order valence-electron chi connectivity index (χ1n) is 11.7. The van der Waals surface area contributed by atoms with Gasteiger partial charge in [0.25, 0.3) is 10.1 Å². The first-order valence-corrected chi connectivity index (χ1v) is 15.4. The Bertz CT molecular complexity index is 1290. The van der Waals surface area contributed by atoms with Crippen molar-refractivity contribution in [3.8, 4) is 0 Å². The zero-order valence-electron chi connectivity index (χ0n) is 19.8. The molecule has 0 radical (unpaired) electrons. The molecule has 1 saturated carbocycles. The number of hydrogen-bond acceptors (Lipinski definition) is 6. The first kappa shape index (κ1) is 23.8. The molecule has 2 atom stereocenters. The molecule has 1 N–H and O–H groups in total. The minimum atomic E-state index is -3.60. The molecule has 0 aromatic heterocycles. The predicted molar refractivity (Wildman–Crippen MR) is 133 cm³/mol. The van der Waals surface area contributed by atoms with Gasteiger partial charge < -0.3 is 0 Å². The van der Waals surface area contributed by atoms with Gasteiger partial charge in [-0.15, -0.1) is 0 Å². The van der Waals surface area contributed by atoms with Crippen LogP contribution in [-0.2, 0) is 42.6 Å². The van der Waals surface area contributed by atoms with E-state index in [9.17, 15) is 16.8 Å². The SMILES string of the molecule is CCC1(c2cccc(NS(C)(=O)=O)c2)C2CN(CC3(OS(C)(=O)=O)Cc4ccccc4C3)CC21. The number of likely N-dealkylation sites (tertiary alicyclic amines) is 1. The van der Waals surface area contributed by atoms with Gasteiger partial charge in [-0.05, 0) is 47.1 Å². The van der Waals surface area contributed by atoms with Gasteiger partial charge in [0, 0.05) is 43.6 Å². The lowest BCUT2D eigenvalue weighted by Crippen LogP contribution is -2.48. The van der Waals surface area contributed by atoms with Crippen molar-refractivity contribution in [2.24, 2.45) is 11.8 Å². The first-order chi connectivity index (χ1) is 15.9. The van der Waals surface area contributed by atoms with Crippen molar-refractivity contribution >= 4 is 25.8 Å². The maximum Gasteiger partial charge on any atom is 0.264 e. The van der Waals surface area contributed by atoms with Gasteiger partial charge >= 0.3 is 0 Å². The molecule has 1 heterocycles. The fourth-order valence-corrected chi connectivity index (χ4v) is 8.14. The maximum atomic E-state index is 12.2. The summed E-state index contributed by atoms with van der Waals surface area (Å²) in [4.78, 5) is 2.36. The normalized spacial score (nSPS) is 27.9. The van der Waals surface area contributed by atoms with Crippen molar-refractivity contribution < 1.29 is 21.0 Å². The molecule has 1 saturated heterocycles. The van der Waals surface area contributed by atoms with Crippen LogP contribution in [0.5, 0.6) is 0 Å². The van der Waals surface area contributed by atoms with Crippen LogP contribution in [0.4, 0.5) is 5.69 Å². The third kappa shape index (κ3) is 4.39. The zero-order chi connectivity index (χ0) is 24.4. The number of sulfonamides is 1. The number of hydrogen-bond donors (Lipinski definition) is 1. The second kappa shape index (κ2) is 8.05. The molecule has 0 amide bonds. The highest BCUT2D eigenvalue weighted by Gasteiger charge is 2.67. The van der Waals surface area contributed by atoms with Crippen LogP contribution in [0.25, 0.3) is 0 Å². The molecule has 7 nitrogen and oxygen atoms in total. The summed E-state index contributed by atoms with van der Waals surface area (Å²) in [6, 6.07) is 15.9. The monoisotopic (exact) mass is 504 g/mol. The van der Waals surface area contributed by atoms with Crippen LogP contribution >= 0.6 is 0 Å². The van der Waals surface area contributed by atoms with E-state index < -0.39 is 25.7 Å². The van der Waals surface area contributed by atoms with Crippen molar-refractivity contribution in [1.29, 1.82) is 0 Å². The highest BCUT2D eigenvalue weighted by atomic mass is 32.2. The molecule has 34 heavy (non-hydrogen) atoms. The minimum absolute atomic E-state index is 0.0369. The number of fused-ring (bicyclic) bond motifs is 2. The molecule has 9 heteroatoms. The molecule has 2 fully saturated rings. The summed E-state index contributed by atoms with van der Waals surface area (Å²) in [6.07, 6.45) is 4.48. The van der Waals surface area contributed by atoms with Crippen molar-refractivity contribution in [2.75, 3.05) is 36.9 Å². The van der Waals surface area contributed by atoms with E-state index in [1.807, 2.05) is 24.3 Å². The molecule has 2 aliphatic carbocycles. The molecular weight excluding hydrogens is 472 g/mol. The molecule has 0 bridgehead atoms. The third-order valence-corrected chi connectivity index (χ3v) is 9.14. The maximum absolute atomic E-state index is 12.2. The number of anilines is 1. The Morgan fingerprint density at radius 3 is 2.12 bits per heavy atom. The quantitative estimate of drug-likeness (QED) is 0.556.